The lowest BCUT2D eigenvalue weighted by molar-refractivity contribution is -0.122. The summed E-state index contributed by atoms with van der Waals surface area (Å²) in [7, 11) is 1.62. The van der Waals surface area contributed by atoms with Crippen LogP contribution in [0.3, 0.4) is 0 Å². The molecule has 0 bridgehead atoms. The van der Waals surface area contributed by atoms with Gasteiger partial charge in [-0.1, -0.05) is 55.9 Å². The van der Waals surface area contributed by atoms with Crippen LogP contribution in [0.1, 0.15) is 61.3 Å². The van der Waals surface area contributed by atoms with E-state index in [0.29, 0.717) is 27.9 Å². The van der Waals surface area contributed by atoms with Gasteiger partial charge in [-0.3, -0.25) is 19.1 Å². The molecule has 2 aliphatic heterocycles. The Morgan fingerprint density at radius 3 is 2.41 bits per heavy atom. The number of anilines is 1. The Morgan fingerprint density at radius 2 is 1.81 bits per heavy atom. The van der Waals surface area contributed by atoms with Crippen LogP contribution < -0.4 is 15.2 Å². The van der Waals surface area contributed by atoms with E-state index in [4.69, 9.17) is 17.0 Å². The first-order valence-electron chi connectivity index (χ1n) is 12.7. The number of rotatable bonds is 7. The zero-order chi connectivity index (χ0) is 26.5. The molecule has 2 saturated heterocycles. The number of ether oxygens (including phenoxy) is 1. The van der Waals surface area contributed by atoms with Gasteiger partial charge in [0.25, 0.3) is 11.5 Å². The molecule has 1 aromatic carbocycles. The molecule has 0 N–H and O–H groups in total. The predicted octanol–water partition coefficient (Wildman–Crippen LogP) is 5.23. The van der Waals surface area contributed by atoms with E-state index in [2.05, 4.69) is 11.0 Å². The van der Waals surface area contributed by atoms with Crippen LogP contribution in [0.15, 0.2) is 34.0 Å². The highest BCUT2D eigenvalue weighted by Gasteiger charge is 2.33. The summed E-state index contributed by atoms with van der Waals surface area (Å²) in [6.45, 7) is 6.39. The van der Waals surface area contributed by atoms with Gasteiger partial charge in [0.2, 0.25) is 0 Å². The predicted molar refractivity (Wildman–Crippen MR) is 153 cm³/mol. The van der Waals surface area contributed by atoms with Crippen molar-refractivity contribution in [1.82, 2.24) is 9.47 Å². The van der Waals surface area contributed by atoms with E-state index in [-0.39, 0.29) is 17.0 Å². The van der Waals surface area contributed by atoms with Crippen molar-refractivity contribution in [3.05, 3.63) is 61.8 Å². The summed E-state index contributed by atoms with van der Waals surface area (Å²) in [4.78, 5) is 31.2. The molecule has 0 unspecified atom stereocenters. The number of thioether (sulfide) groups is 1. The second-order valence-corrected chi connectivity index (χ2v) is 11.0. The first-order valence-corrected chi connectivity index (χ1v) is 13.9. The van der Waals surface area contributed by atoms with E-state index in [1.54, 1.807) is 16.6 Å². The van der Waals surface area contributed by atoms with Crippen molar-refractivity contribution in [1.29, 1.82) is 5.26 Å². The van der Waals surface area contributed by atoms with Gasteiger partial charge in [-0.25, -0.2) is 0 Å². The number of nitriles is 1. The molecule has 0 radical (unpaired) electrons. The van der Waals surface area contributed by atoms with Crippen molar-refractivity contribution >= 4 is 46.1 Å². The van der Waals surface area contributed by atoms with E-state index >= 15 is 0 Å². The summed E-state index contributed by atoms with van der Waals surface area (Å²) in [6.07, 6.45) is 7.01. The van der Waals surface area contributed by atoms with Gasteiger partial charge in [-0.05, 0) is 55.5 Å². The molecule has 9 heteroatoms. The molecule has 2 aromatic rings. The fourth-order valence-corrected chi connectivity index (χ4v) is 6.12. The van der Waals surface area contributed by atoms with E-state index < -0.39 is 0 Å². The van der Waals surface area contributed by atoms with Crippen molar-refractivity contribution in [2.24, 2.45) is 0 Å². The number of methoxy groups -OCH3 is 1. The first-order chi connectivity index (χ1) is 17.9. The van der Waals surface area contributed by atoms with Gasteiger partial charge >= 0.3 is 0 Å². The maximum atomic E-state index is 13.5. The van der Waals surface area contributed by atoms with E-state index in [0.717, 1.165) is 67.9 Å². The van der Waals surface area contributed by atoms with Gasteiger partial charge in [-0.2, -0.15) is 5.26 Å². The fraction of sp³-hybridized carbons (Fsp3) is 0.429. The van der Waals surface area contributed by atoms with Crippen LogP contribution in [-0.2, 0) is 17.9 Å². The summed E-state index contributed by atoms with van der Waals surface area (Å²) in [5, 5.41) is 9.85. The number of benzene rings is 1. The molecular formula is C28H32N4O3S2. The third-order valence-electron chi connectivity index (χ3n) is 6.85. The Bertz CT molecular complexity index is 1320. The van der Waals surface area contributed by atoms with Crippen LogP contribution in [0, 0.1) is 18.3 Å². The Hall–Kier alpha value is -3.09. The number of aromatic nitrogens is 1. The minimum atomic E-state index is -0.259. The van der Waals surface area contributed by atoms with Gasteiger partial charge in [-0.15, -0.1) is 0 Å². The second kappa shape index (κ2) is 12.0. The summed E-state index contributed by atoms with van der Waals surface area (Å²) >= 11 is 6.85. The standard InChI is InChI=1S/C28H32N4O3S2/c1-4-13-31-25(30-14-7-5-6-8-15-30)22(19(2)23(17-29)26(31)33)16-24-27(34)32(28(36)37-24)18-20-9-11-21(35-3)12-10-20/h9-12,16H,4-8,13-15,18H2,1-3H3. The van der Waals surface area contributed by atoms with Crippen molar-refractivity contribution in [3.63, 3.8) is 0 Å². The van der Waals surface area contributed by atoms with E-state index in [9.17, 15) is 14.9 Å². The van der Waals surface area contributed by atoms with E-state index in [1.165, 1.54) is 11.8 Å². The number of amides is 1. The number of carbonyl (C=O) groups excluding carboxylic acids is 1. The molecule has 1 amide bonds. The van der Waals surface area contributed by atoms with Crippen molar-refractivity contribution in [2.45, 2.75) is 59.0 Å². The average Bonchev–Trinajstić information content (AvgIpc) is 3.07. The molecule has 2 fully saturated rings. The molecule has 2 aliphatic rings. The normalized spacial score (nSPS) is 17.3. The fourth-order valence-electron chi connectivity index (χ4n) is 4.88. The molecule has 37 heavy (non-hydrogen) atoms. The molecule has 0 aliphatic carbocycles. The summed E-state index contributed by atoms with van der Waals surface area (Å²) < 4.78 is 7.45. The quantitative estimate of drug-likeness (QED) is 0.354. The Labute approximate surface area is 227 Å². The Balaban J connectivity index is 1.78. The maximum absolute atomic E-state index is 13.5. The molecule has 0 atom stereocenters. The number of hydrogen-bond donors (Lipinski definition) is 0. The number of pyridine rings is 1. The molecular weight excluding hydrogens is 504 g/mol. The lowest BCUT2D eigenvalue weighted by Crippen LogP contribution is -2.35. The zero-order valence-electron chi connectivity index (χ0n) is 21.6. The third kappa shape index (κ3) is 5.60. The molecule has 4 rings (SSSR count). The van der Waals surface area contributed by atoms with Crippen LogP contribution in [-0.4, -0.2) is 39.9 Å². The van der Waals surface area contributed by atoms with Crippen LogP contribution in [0.25, 0.3) is 6.08 Å². The highest BCUT2D eigenvalue weighted by Crippen LogP contribution is 2.37. The highest BCUT2D eigenvalue weighted by molar-refractivity contribution is 8.26. The summed E-state index contributed by atoms with van der Waals surface area (Å²) in [6, 6.07) is 9.68. The topological polar surface area (TPSA) is 78.6 Å². The second-order valence-electron chi connectivity index (χ2n) is 9.32. The van der Waals surface area contributed by atoms with Crippen LogP contribution >= 0.6 is 24.0 Å². The molecule has 1 aromatic heterocycles. The van der Waals surface area contributed by atoms with Crippen molar-refractivity contribution in [2.75, 3.05) is 25.1 Å². The van der Waals surface area contributed by atoms with Gasteiger partial charge in [0, 0.05) is 25.2 Å². The third-order valence-corrected chi connectivity index (χ3v) is 8.23. The van der Waals surface area contributed by atoms with Crippen molar-refractivity contribution in [3.8, 4) is 11.8 Å². The van der Waals surface area contributed by atoms with Gasteiger partial charge in [0.1, 0.15) is 27.5 Å². The molecule has 0 saturated carbocycles. The van der Waals surface area contributed by atoms with E-state index in [1.807, 2.05) is 44.2 Å². The van der Waals surface area contributed by atoms with Crippen molar-refractivity contribution < 1.29 is 9.53 Å². The van der Waals surface area contributed by atoms with Crippen LogP contribution in [0.4, 0.5) is 5.82 Å². The molecule has 3 heterocycles. The average molecular weight is 537 g/mol. The number of nitrogens with zero attached hydrogens (tertiary/aromatic N) is 4. The largest absolute Gasteiger partial charge is 0.497 e. The SMILES string of the molecule is CCCn1c(N2CCCCCC2)c(C=C2SC(=S)N(Cc3ccc(OC)cc3)C2=O)c(C)c(C#N)c1=O. The highest BCUT2D eigenvalue weighted by atomic mass is 32.2. The van der Waals surface area contributed by atoms with Crippen LogP contribution in [0.2, 0.25) is 0 Å². The summed E-state index contributed by atoms with van der Waals surface area (Å²) in [5.74, 6) is 1.39. The lowest BCUT2D eigenvalue weighted by atomic mass is 10.0. The van der Waals surface area contributed by atoms with Gasteiger partial charge < -0.3 is 9.64 Å². The first kappa shape index (κ1) is 27.0. The maximum Gasteiger partial charge on any atom is 0.270 e. The number of carbonyl (C=O) groups is 1. The molecule has 7 nitrogen and oxygen atoms in total. The summed E-state index contributed by atoms with van der Waals surface area (Å²) in [5.41, 5.74) is 2.19. The minimum Gasteiger partial charge on any atom is -0.497 e. The number of thiocarbonyl (C=S) groups is 1. The van der Waals surface area contributed by atoms with Gasteiger partial charge in [0.05, 0.1) is 18.6 Å². The molecule has 0 spiro atoms. The minimum absolute atomic E-state index is 0.131. The number of hydrogen-bond acceptors (Lipinski definition) is 7. The molecule has 194 valence electrons. The lowest BCUT2D eigenvalue weighted by Gasteiger charge is -2.29. The van der Waals surface area contributed by atoms with Crippen LogP contribution in [0.5, 0.6) is 5.75 Å². The smallest absolute Gasteiger partial charge is 0.270 e. The zero-order valence-corrected chi connectivity index (χ0v) is 23.2. The van der Waals surface area contributed by atoms with Gasteiger partial charge in [0.15, 0.2) is 0 Å². The Kier molecular flexibility index (Phi) is 8.72. The Morgan fingerprint density at radius 1 is 1.14 bits per heavy atom. The monoisotopic (exact) mass is 536 g/mol.